The largest absolute Gasteiger partial charge is 0.327 e. The van der Waals surface area contributed by atoms with Crippen LogP contribution in [-0.4, -0.2) is 12.2 Å². The molecule has 1 heterocycles. The van der Waals surface area contributed by atoms with E-state index >= 15 is 0 Å². The summed E-state index contributed by atoms with van der Waals surface area (Å²) in [4.78, 5) is 0. The van der Waals surface area contributed by atoms with Crippen LogP contribution in [0.1, 0.15) is 6.92 Å². The molecular formula is C3H9N3. The van der Waals surface area contributed by atoms with Gasteiger partial charge in [-0.15, -0.1) is 0 Å². The van der Waals surface area contributed by atoms with Gasteiger partial charge in [0.25, 0.3) is 0 Å². The standard InChI is InChI=1S/C3H9N3/c1-3(2-4)5-6-3/h5-6H,2,4H2,1H3. The Morgan fingerprint density at radius 3 is 2.17 bits per heavy atom. The number of hydrogen-bond acceptors (Lipinski definition) is 3. The molecule has 0 aromatic heterocycles. The molecule has 0 aliphatic carbocycles. The van der Waals surface area contributed by atoms with E-state index in [1.54, 1.807) is 0 Å². The van der Waals surface area contributed by atoms with Crippen molar-refractivity contribution in [2.75, 3.05) is 6.54 Å². The van der Waals surface area contributed by atoms with Crippen LogP contribution < -0.4 is 16.6 Å². The second-order valence-electron chi connectivity index (χ2n) is 1.79. The summed E-state index contributed by atoms with van der Waals surface area (Å²) >= 11 is 0. The lowest BCUT2D eigenvalue weighted by atomic mass is 10.3. The average Bonchev–Trinajstić information content (AvgIpc) is 2.22. The summed E-state index contributed by atoms with van der Waals surface area (Å²) in [7, 11) is 0. The van der Waals surface area contributed by atoms with Crippen LogP contribution in [0, 0.1) is 0 Å². The van der Waals surface area contributed by atoms with Crippen molar-refractivity contribution in [3.63, 3.8) is 0 Å². The molecular weight excluding hydrogens is 78.1 g/mol. The lowest BCUT2D eigenvalue weighted by Gasteiger charge is -1.92. The molecule has 4 N–H and O–H groups in total. The minimum atomic E-state index is 0.0694. The molecule has 0 amide bonds. The summed E-state index contributed by atoms with van der Waals surface area (Å²) in [5.74, 6) is 0. The second-order valence-corrected chi connectivity index (χ2v) is 1.79. The predicted octanol–water partition coefficient (Wildman–Crippen LogP) is -1.23. The molecule has 0 spiro atoms. The molecule has 3 heteroatoms. The smallest absolute Gasteiger partial charge is 0.104 e. The van der Waals surface area contributed by atoms with Crippen LogP contribution in [0.15, 0.2) is 0 Å². The van der Waals surface area contributed by atoms with Crippen molar-refractivity contribution in [3.8, 4) is 0 Å². The zero-order chi connectivity index (χ0) is 4.62. The number of hydrazine groups is 1. The van der Waals surface area contributed by atoms with E-state index < -0.39 is 0 Å². The maximum Gasteiger partial charge on any atom is 0.104 e. The molecule has 0 aromatic carbocycles. The van der Waals surface area contributed by atoms with E-state index in [0.29, 0.717) is 6.54 Å². The molecule has 0 atom stereocenters. The SMILES string of the molecule is CC1(CN)NN1. The molecule has 1 aliphatic rings. The molecule has 1 saturated heterocycles. The fourth-order valence-corrected chi connectivity index (χ4v) is 0.209. The van der Waals surface area contributed by atoms with Crippen LogP contribution >= 0.6 is 0 Å². The number of rotatable bonds is 1. The number of hydrogen-bond donors (Lipinski definition) is 3. The zero-order valence-corrected chi connectivity index (χ0v) is 3.78. The molecule has 6 heavy (non-hydrogen) atoms. The molecule has 36 valence electrons. The molecule has 1 fully saturated rings. The van der Waals surface area contributed by atoms with Crippen LogP contribution in [0.25, 0.3) is 0 Å². The molecule has 1 aliphatic heterocycles. The highest BCUT2D eigenvalue weighted by molar-refractivity contribution is 4.89. The first-order chi connectivity index (χ1) is 2.77. The van der Waals surface area contributed by atoms with Gasteiger partial charge in [0.1, 0.15) is 5.66 Å². The van der Waals surface area contributed by atoms with Gasteiger partial charge in [-0.05, 0) is 6.92 Å². The average molecular weight is 87.1 g/mol. The normalized spacial score (nSPS) is 27.0. The summed E-state index contributed by atoms with van der Waals surface area (Å²) in [6, 6.07) is 0. The summed E-state index contributed by atoms with van der Waals surface area (Å²) in [6.45, 7) is 2.67. The molecule has 0 saturated carbocycles. The fourth-order valence-electron chi connectivity index (χ4n) is 0.209. The van der Waals surface area contributed by atoms with Crippen LogP contribution in [0.5, 0.6) is 0 Å². The topological polar surface area (TPSA) is 69.9 Å². The molecule has 0 radical (unpaired) electrons. The van der Waals surface area contributed by atoms with E-state index in [4.69, 9.17) is 5.73 Å². The highest BCUT2D eigenvalue weighted by atomic mass is 15.7. The Kier molecular flexibility index (Phi) is 0.629. The summed E-state index contributed by atoms with van der Waals surface area (Å²) < 4.78 is 0. The first kappa shape index (κ1) is 4.05. The van der Waals surface area contributed by atoms with Crippen molar-refractivity contribution < 1.29 is 0 Å². The summed E-state index contributed by atoms with van der Waals surface area (Å²) in [5.41, 5.74) is 11.1. The second kappa shape index (κ2) is 0.932. The third-order valence-electron chi connectivity index (χ3n) is 0.960. The minimum Gasteiger partial charge on any atom is -0.327 e. The van der Waals surface area contributed by atoms with E-state index in [9.17, 15) is 0 Å². The molecule has 0 unspecified atom stereocenters. The first-order valence-electron chi connectivity index (χ1n) is 2.01. The van der Waals surface area contributed by atoms with Crippen molar-refractivity contribution in [2.24, 2.45) is 5.73 Å². The van der Waals surface area contributed by atoms with E-state index in [1.165, 1.54) is 0 Å². The van der Waals surface area contributed by atoms with Gasteiger partial charge in [-0.1, -0.05) is 0 Å². The first-order valence-corrected chi connectivity index (χ1v) is 2.01. The van der Waals surface area contributed by atoms with Gasteiger partial charge in [0.15, 0.2) is 0 Å². The van der Waals surface area contributed by atoms with Crippen LogP contribution in [-0.2, 0) is 0 Å². The van der Waals surface area contributed by atoms with Gasteiger partial charge in [0.2, 0.25) is 0 Å². The van der Waals surface area contributed by atoms with Crippen molar-refractivity contribution in [1.29, 1.82) is 0 Å². The summed E-state index contributed by atoms with van der Waals surface area (Å²) in [6.07, 6.45) is 0. The van der Waals surface area contributed by atoms with E-state index in [1.807, 2.05) is 6.92 Å². The van der Waals surface area contributed by atoms with Crippen LogP contribution in [0.2, 0.25) is 0 Å². The maximum absolute atomic E-state index is 5.24. The Hall–Kier alpha value is -0.120. The fraction of sp³-hybridized carbons (Fsp3) is 1.00. The van der Waals surface area contributed by atoms with Crippen LogP contribution in [0.3, 0.4) is 0 Å². The Morgan fingerprint density at radius 2 is 2.17 bits per heavy atom. The molecule has 1 rings (SSSR count). The van der Waals surface area contributed by atoms with Crippen molar-refractivity contribution >= 4 is 0 Å². The monoisotopic (exact) mass is 87.1 g/mol. The number of nitrogens with one attached hydrogen (secondary N) is 2. The van der Waals surface area contributed by atoms with Crippen molar-refractivity contribution in [1.82, 2.24) is 10.9 Å². The van der Waals surface area contributed by atoms with Gasteiger partial charge in [-0.25, -0.2) is 10.9 Å². The lowest BCUT2D eigenvalue weighted by molar-refractivity contribution is 0.684. The van der Waals surface area contributed by atoms with E-state index in [-0.39, 0.29) is 5.66 Å². The van der Waals surface area contributed by atoms with Gasteiger partial charge in [-0.2, -0.15) is 0 Å². The third kappa shape index (κ3) is 0.518. The highest BCUT2D eigenvalue weighted by Crippen LogP contribution is 2.02. The minimum absolute atomic E-state index is 0.0694. The summed E-state index contributed by atoms with van der Waals surface area (Å²) in [5, 5.41) is 0. The van der Waals surface area contributed by atoms with Gasteiger partial charge in [-0.3, -0.25) is 0 Å². The van der Waals surface area contributed by atoms with Gasteiger partial charge < -0.3 is 5.73 Å². The van der Waals surface area contributed by atoms with E-state index in [2.05, 4.69) is 10.9 Å². The Labute approximate surface area is 36.9 Å². The van der Waals surface area contributed by atoms with Gasteiger partial charge in [0, 0.05) is 6.54 Å². The predicted molar refractivity (Wildman–Crippen MR) is 23.7 cm³/mol. The van der Waals surface area contributed by atoms with Crippen molar-refractivity contribution in [3.05, 3.63) is 0 Å². The Morgan fingerprint density at radius 1 is 1.67 bits per heavy atom. The highest BCUT2D eigenvalue weighted by Gasteiger charge is 2.33. The third-order valence-corrected chi connectivity index (χ3v) is 0.960. The van der Waals surface area contributed by atoms with Gasteiger partial charge >= 0.3 is 0 Å². The number of nitrogens with two attached hydrogens (primary N) is 1. The maximum atomic E-state index is 5.24. The van der Waals surface area contributed by atoms with Crippen molar-refractivity contribution in [2.45, 2.75) is 12.6 Å². The molecule has 0 bridgehead atoms. The zero-order valence-electron chi connectivity index (χ0n) is 3.78. The lowest BCUT2D eigenvalue weighted by Crippen LogP contribution is -2.24. The Balaban J connectivity index is 2.28. The Bertz CT molecular complexity index is 57.1. The van der Waals surface area contributed by atoms with Gasteiger partial charge in [0.05, 0.1) is 0 Å². The molecule has 0 aromatic rings. The molecule has 3 nitrogen and oxygen atoms in total. The van der Waals surface area contributed by atoms with Crippen LogP contribution in [0.4, 0.5) is 0 Å². The van der Waals surface area contributed by atoms with E-state index in [0.717, 1.165) is 0 Å². The quantitative estimate of drug-likeness (QED) is 0.351.